The van der Waals surface area contributed by atoms with Crippen LogP contribution in [0.3, 0.4) is 0 Å². The number of aliphatic hydroxyl groups excluding tert-OH is 1. The number of hydrogen-bond acceptors (Lipinski definition) is 3. The Morgan fingerprint density at radius 3 is 1.85 bits per heavy atom. The Labute approximate surface area is 288 Å². The molecule has 0 saturated carbocycles. The normalized spacial score (nSPS) is 16.0. The van der Waals surface area contributed by atoms with Crippen molar-refractivity contribution in [3.05, 3.63) is 188 Å². The molecule has 4 aromatic carbocycles. The second-order valence-corrected chi connectivity index (χ2v) is 12.5. The predicted octanol–water partition coefficient (Wildman–Crippen LogP) is 11.6. The van der Waals surface area contributed by atoms with Crippen molar-refractivity contribution >= 4 is 46.6 Å². The molecule has 1 N–H and O–H groups in total. The van der Waals surface area contributed by atoms with E-state index in [2.05, 4.69) is 0 Å². The summed E-state index contributed by atoms with van der Waals surface area (Å²) in [7, 11) is 0. The van der Waals surface area contributed by atoms with Gasteiger partial charge in [-0.05, 0) is 115 Å². The molecule has 48 heavy (non-hydrogen) atoms. The molecule has 5 aromatic rings. The van der Waals surface area contributed by atoms with E-state index in [4.69, 9.17) is 32.4 Å². The quantitative estimate of drug-likeness (QED) is 0.145. The molecule has 0 radical (unpaired) electrons. The van der Waals surface area contributed by atoms with Gasteiger partial charge in [0.05, 0.1) is 34.4 Å². The molecule has 1 aromatic heterocycles. The van der Waals surface area contributed by atoms with Gasteiger partial charge in [-0.3, -0.25) is 4.79 Å². The highest BCUT2D eigenvalue weighted by molar-refractivity contribution is 6.31. The molecule has 0 saturated heterocycles. The lowest BCUT2D eigenvalue weighted by Crippen LogP contribution is -2.21. The molecule has 4 nitrogen and oxygen atoms in total. The minimum Gasteiger partial charge on any atom is -0.506 e. The van der Waals surface area contributed by atoms with Crippen LogP contribution in [0.1, 0.15) is 27.8 Å². The second-order valence-electron chi connectivity index (χ2n) is 11.7. The van der Waals surface area contributed by atoms with Gasteiger partial charge in [0.15, 0.2) is 0 Å². The molecule has 0 bridgehead atoms. The number of aryl methyl sites for hydroxylation is 2. The van der Waals surface area contributed by atoms with Crippen molar-refractivity contribution in [2.75, 3.05) is 0 Å². The van der Waals surface area contributed by atoms with Gasteiger partial charge in [0.1, 0.15) is 17.3 Å². The van der Waals surface area contributed by atoms with Crippen molar-refractivity contribution in [3.8, 4) is 22.6 Å². The first-order valence-corrected chi connectivity index (χ1v) is 16.1. The topological polar surface area (TPSA) is 57.8 Å². The second kappa shape index (κ2) is 13.0. The lowest BCUT2D eigenvalue weighted by molar-refractivity contribution is -0.113. The zero-order chi connectivity index (χ0) is 33.4. The Kier molecular flexibility index (Phi) is 8.45. The van der Waals surface area contributed by atoms with Crippen LogP contribution in [0.2, 0.25) is 10.0 Å². The average molecular weight is 669 g/mol. The Bertz CT molecular complexity index is 2250. The van der Waals surface area contributed by atoms with E-state index in [1.54, 1.807) is 36.4 Å². The number of Topliss-reactive ketones (excluding diaryl/α,β-unsaturated/α-hetero) is 1. The van der Waals surface area contributed by atoms with E-state index in [-0.39, 0.29) is 22.7 Å². The van der Waals surface area contributed by atoms with Gasteiger partial charge in [0.25, 0.3) is 0 Å². The van der Waals surface area contributed by atoms with Crippen molar-refractivity contribution in [2.24, 2.45) is 0 Å². The number of benzene rings is 4. The molecule has 6 heteroatoms. The van der Waals surface area contributed by atoms with E-state index in [0.717, 1.165) is 33.4 Å². The van der Waals surface area contributed by atoms with Crippen molar-refractivity contribution in [1.82, 2.24) is 0 Å². The zero-order valence-corrected chi connectivity index (χ0v) is 27.6. The monoisotopic (exact) mass is 667 g/mol. The van der Waals surface area contributed by atoms with Gasteiger partial charge in [0, 0.05) is 21.2 Å². The molecule has 1 aliphatic heterocycles. The maximum atomic E-state index is 13.6. The predicted molar refractivity (Wildman–Crippen MR) is 194 cm³/mol. The maximum Gasteiger partial charge on any atom is 0.361 e. The van der Waals surface area contributed by atoms with Crippen LogP contribution in [0.5, 0.6) is 0 Å². The minimum absolute atomic E-state index is 0.0717. The number of hydrogen-bond donors (Lipinski definition) is 1. The highest BCUT2D eigenvalue weighted by Crippen LogP contribution is 2.38. The van der Waals surface area contributed by atoms with E-state index in [1.165, 1.54) is 0 Å². The number of allylic oxidation sites excluding steroid dienone is 6. The molecule has 234 valence electrons. The molecule has 0 atom stereocenters. The minimum atomic E-state index is -0.259. The van der Waals surface area contributed by atoms with Crippen molar-refractivity contribution < 1.29 is 19.1 Å². The Morgan fingerprint density at radius 1 is 0.667 bits per heavy atom. The van der Waals surface area contributed by atoms with Crippen molar-refractivity contribution in [1.29, 1.82) is 0 Å². The smallest absolute Gasteiger partial charge is 0.361 e. The SMILES string of the molecule is Cc1ccccc1C1=CC(=CC2=C(O)C(=Cc3cc(-c4ccc(Cl)cc4)[o+]c(-c4ccccc4C)c3)C2=O)C=C(c2ccc(Cl)cc2)O1. The van der Waals surface area contributed by atoms with Gasteiger partial charge in [-0.2, -0.15) is 0 Å². The lowest BCUT2D eigenvalue weighted by Gasteiger charge is -2.22. The van der Waals surface area contributed by atoms with E-state index in [9.17, 15) is 9.90 Å². The molecule has 0 spiro atoms. The molecule has 1 aliphatic carbocycles. The average Bonchev–Trinajstić information content (AvgIpc) is 3.10. The Hall–Kier alpha value is -5.42. The molecule has 2 heterocycles. The summed E-state index contributed by atoms with van der Waals surface area (Å²) >= 11 is 12.3. The van der Waals surface area contributed by atoms with Crippen LogP contribution in [-0.4, -0.2) is 10.9 Å². The van der Waals surface area contributed by atoms with Crippen LogP contribution in [0.4, 0.5) is 0 Å². The summed E-state index contributed by atoms with van der Waals surface area (Å²) in [4.78, 5) is 13.6. The van der Waals surface area contributed by atoms with E-state index < -0.39 is 0 Å². The molecular formula is C42H29Cl2O4+. The molecular weight excluding hydrogens is 639 g/mol. The van der Waals surface area contributed by atoms with Gasteiger partial charge in [-0.15, -0.1) is 0 Å². The Morgan fingerprint density at radius 2 is 1.23 bits per heavy atom. The summed E-state index contributed by atoms with van der Waals surface area (Å²) < 4.78 is 12.7. The third-order valence-corrected chi connectivity index (χ3v) is 8.83. The first kappa shape index (κ1) is 31.2. The molecule has 0 amide bonds. The molecule has 7 rings (SSSR count). The molecule has 2 aliphatic rings. The van der Waals surface area contributed by atoms with E-state index in [1.807, 2.05) is 111 Å². The van der Waals surface area contributed by atoms with Crippen LogP contribution in [-0.2, 0) is 9.53 Å². The summed E-state index contributed by atoms with van der Waals surface area (Å²) in [6.45, 7) is 4.04. The van der Waals surface area contributed by atoms with Gasteiger partial charge in [0.2, 0.25) is 5.78 Å². The first-order valence-electron chi connectivity index (χ1n) is 15.4. The third-order valence-electron chi connectivity index (χ3n) is 8.33. The summed E-state index contributed by atoms with van der Waals surface area (Å²) in [6, 6.07) is 34.3. The number of ketones is 1. The Balaban J connectivity index is 1.29. The number of ether oxygens (including phenoxy) is 1. The molecule has 0 unspecified atom stereocenters. The van der Waals surface area contributed by atoms with Crippen molar-refractivity contribution in [3.63, 3.8) is 0 Å². The van der Waals surface area contributed by atoms with Crippen LogP contribution in [0.25, 0.3) is 40.2 Å². The summed E-state index contributed by atoms with van der Waals surface area (Å²) in [5.74, 6) is 2.16. The third kappa shape index (κ3) is 6.28. The van der Waals surface area contributed by atoms with Gasteiger partial charge in [-0.1, -0.05) is 65.7 Å². The summed E-state index contributed by atoms with van der Waals surface area (Å²) in [5, 5.41) is 12.5. The van der Waals surface area contributed by atoms with E-state index >= 15 is 0 Å². The largest absolute Gasteiger partial charge is 0.506 e. The lowest BCUT2D eigenvalue weighted by atomic mass is 9.85. The van der Waals surface area contributed by atoms with Gasteiger partial charge >= 0.3 is 11.5 Å². The standard InChI is InChI=1S/C42H28Cl2O4/c1-25-7-3-5-9-33(25)39-23-27(21-37(47-39)29-11-15-31(43)16-12-29)19-35-41(45)36(42(35)46)20-28-22-38(30-13-17-32(44)18-14-30)48-40(24-28)34-10-6-4-8-26(34)2/h3-24H,1-2H3/p+1. The summed E-state index contributed by atoms with van der Waals surface area (Å²) in [5.41, 5.74) is 7.49. The first-order chi connectivity index (χ1) is 23.2. The zero-order valence-electron chi connectivity index (χ0n) is 26.1. The molecule has 0 fully saturated rings. The number of rotatable bonds is 6. The van der Waals surface area contributed by atoms with Crippen LogP contribution < -0.4 is 0 Å². The number of carbonyl (C=O) groups excluding carboxylic acids is 1. The fourth-order valence-electron chi connectivity index (χ4n) is 5.73. The highest BCUT2D eigenvalue weighted by Gasteiger charge is 2.33. The van der Waals surface area contributed by atoms with Gasteiger partial charge < -0.3 is 9.84 Å². The fourth-order valence-corrected chi connectivity index (χ4v) is 5.98. The van der Waals surface area contributed by atoms with Crippen LogP contribution in [0, 0.1) is 13.8 Å². The van der Waals surface area contributed by atoms with Crippen molar-refractivity contribution in [2.45, 2.75) is 13.8 Å². The number of aliphatic hydroxyl groups is 1. The fraction of sp³-hybridized carbons (Fsp3) is 0.0476. The number of carbonyl (C=O) groups is 1. The van der Waals surface area contributed by atoms with Crippen LogP contribution in [0.15, 0.2) is 154 Å². The van der Waals surface area contributed by atoms with Gasteiger partial charge in [-0.25, -0.2) is 4.42 Å². The number of halogens is 2. The summed E-state index contributed by atoms with van der Waals surface area (Å²) in [6.07, 6.45) is 7.13. The van der Waals surface area contributed by atoms with Crippen LogP contribution >= 0.6 is 23.2 Å². The van der Waals surface area contributed by atoms with E-state index in [0.29, 0.717) is 44.2 Å². The highest BCUT2D eigenvalue weighted by atomic mass is 35.5. The maximum absolute atomic E-state index is 13.6.